The van der Waals surface area contributed by atoms with E-state index in [1.165, 1.54) is 6.42 Å². The van der Waals surface area contributed by atoms with E-state index in [-0.39, 0.29) is 0 Å². The van der Waals surface area contributed by atoms with Crippen LogP contribution in [-0.4, -0.2) is 63.3 Å². The third-order valence-corrected chi connectivity index (χ3v) is 4.51. The van der Waals surface area contributed by atoms with Gasteiger partial charge in [0.05, 0.1) is 18.1 Å². The van der Waals surface area contributed by atoms with Crippen molar-refractivity contribution in [3.05, 3.63) is 12.5 Å². The van der Waals surface area contributed by atoms with Crippen molar-refractivity contribution in [2.75, 3.05) is 38.0 Å². The third kappa shape index (κ3) is 4.00. The topological polar surface area (TPSA) is 83.3 Å². The Bertz CT molecular complexity index is 748. The van der Waals surface area contributed by atoms with Gasteiger partial charge in [0, 0.05) is 33.2 Å². The van der Waals surface area contributed by atoms with Gasteiger partial charge in [-0.15, -0.1) is 0 Å². The second kappa shape index (κ2) is 7.25. The quantitative estimate of drug-likeness (QED) is 0.486. The van der Waals surface area contributed by atoms with Crippen LogP contribution in [0.1, 0.15) is 27.2 Å². The van der Waals surface area contributed by atoms with E-state index >= 15 is 0 Å². The summed E-state index contributed by atoms with van der Waals surface area (Å²) < 4.78 is 1.75. The lowest BCUT2D eigenvalue weighted by Gasteiger charge is -2.23. The molecule has 1 saturated heterocycles. The molecule has 1 fully saturated rings. The molecule has 0 aromatic carbocycles. The third-order valence-electron chi connectivity index (χ3n) is 4.51. The molecular weight excluding hydrogens is 316 g/mol. The van der Waals surface area contributed by atoms with E-state index in [4.69, 9.17) is 4.99 Å². The molecule has 2 aromatic heterocycles. The molecule has 8 heteroatoms. The van der Waals surface area contributed by atoms with Crippen molar-refractivity contribution >= 4 is 22.8 Å². The summed E-state index contributed by atoms with van der Waals surface area (Å²) in [5, 5.41) is 11.9. The number of rotatable bonds is 5. The summed E-state index contributed by atoms with van der Waals surface area (Å²) in [5.74, 6) is 1.81. The van der Waals surface area contributed by atoms with Gasteiger partial charge in [0.15, 0.2) is 11.6 Å². The first-order valence-electron chi connectivity index (χ1n) is 8.90. The van der Waals surface area contributed by atoms with Gasteiger partial charge in [-0.05, 0) is 18.8 Å². The summed E-state index contributed by atoms with van der Waals surface area (Å²) in [5.41, 5.74) is 1.19. The number of hydrogen-bond donors (Lipinski definition) is 2. The summed E-state index contributed by atoms with van der Waals surface area (Å²) in [7, 11) is 1.88. The molecule has 0 aliphatic carbocycles. The van der Waals surface area contributed by atoms with Crippen LogP contribution >= 0.6 is 0 Å². The van der Waals surface area contributed by atoms with Crippen LogP contribution < -0.4 is 10.6 Å². The molecular formula is C17H28N8. The Morgan fingerprint density at radius 1 is 1.36 bits per heavy atom. The van der Waals surface area contributed by atoms with Crippen molar-refractivity contribution < 1.29 is 0 Å². The first kappa shape index (κ1) is 17.4. The van der Waals surface area contributed by atoms with Crippen LogP contribution in [0.3, 0.4) is 0 Å². The molecule has 1 aliphatic heterocycles. The van der Waals surface area contributed by atoms with Gasteiger partial charge >= 0.3 is 0 Å². The number of fused-ring (bicyclic) bond motifs is 1. The SMILES string of the molecule is CCNC(=NCCNc1ncnc2c1cnn2C)N1CCC(C)(C)C1. The molecule has 0 saturated carbocycles. The van der Waals surface area contributed by atoms with Crippen LogP contribution in [0, 0.1) is 5.41 Å². The Hall–Kier alpha value is -2.38. The number of anilines is 1. The number of guanidine groups is 1. The van der Waals surface area contributed by atoms with E-state index in [0.29, 0.717) is 18.5 Å². The lowest BCUT2D eigenvalue weighted by molar-refractivity contribution is 0.370. The standard InChI is InChI=1S/C17H28N8/c1-5-18-16(25-9-6-17(2,3)11-25)20-8-7-19-14-13-10-23-24(4)15(13)22-12-21-14/h10,12H,5-9,11H2,1-4H3,(H,18,20)(H,19,21,22). The zero-order valence-corrected chi connectivity index (χ0v) is 15.6. The first-order valence-corrected chi connectivity index (χ1v) is 8.90. The second-order valence-electron chi connectivity index (χ2n) is 7.23. The van der Waals surface area contributed by atoms with Crippen molar-refractivity contribution in [1.82, 2.24) is 30.0 Å². The van der Waals surface area contributed by atoms with E-state index in [0.717, 1.165) is 42.4 Å². The average Bonchev–Trinajstić information content (AvgIpc) is 3.14. The molecule has 0 atom stereocenters. The maximum absolute atomic E-state index is 4.77. The molecule has 0 amide bonds. The summed E-state index contributed by atoms with van der Waals surface area (Å²) in [6, 6.07) is 0. The summed E-state index contributed by atoms with van der Waals surface area (Å²) >= 11 is 0. The molecule has 25 heavy (non-hydrogen) atoms. The van der Waals surface area contributed by atoms with Crippen molar-refractivity contribution in [1.29, 1.82) is 0 Å². The van der Waals surface area contributed by atoms with Crippen LogP contribution in [0.15, 0.2) is 17.5 Å². The van der Waals surface area contributed by atoms with Crippen molar-refractivity contribution in [2.45, 2.75) is 27.2 Å². The maximum atomic E-state index is 4.77. The van der Waals surface area contributed by atoms with Crippen LogP contribution in [-0.2, 0) is 7.05 Å². The van der Waals surface area contributed by atoms with Gasteiger partial charge in [-0.2, -0.15) is 5.10 Å². The minimum atomic E-state index is 0.362. The fourth-order valence-electron chi connectivity index (χ4n) is 3.16. The number of aryl methyl sites for hydroxylation is 1. The minimum absolute atomic E-state index is 0.362. The van der Waals surface area contributed by atoms with E-state index < -0.39 is 0 Å². The Morgan fingerprint density at radius 3 is 2.92 bits per heavy atom. The Labute approximate surface area is 148 Å². The fourth-order valence-corrected chi connectivity index (χ4v) is 3.16. The number of aromatic nitrogens is 4. The Kier molecular flexibility index (Phi) is 5.06. The molecule has 2 N–H and O–H groups in total. The van der Waals surface area contributed by atoms with Gasteiger partial charge in [0.2, 0.25) is 0 Å². The van der Waals surface area contributed by atoms with Crippen LogP contribution in [0.5, 0.6) is 0 Å². The van der Waals surface area contributed by atoms with E-state index in [9.17, 15) is 0 Å². The highest BCUT2D eigenvalue weighted by atomic mass is 15.3. The van der Waals surface area contributed by atoms with Crippen molar-refractivity contribution in [3.63, 3.8) is 0 Å². The highest BCUT2D eigenvalue weighted by Crippen LogP contribution is 2.28. The minimum Gasteiger partial charge on any atom is -0.367 e. The zero-order valence-electron chi connectivity index (χ0n) is 15.6. The van der Waals surface area contributed by atoms with Crippen LogP contribution in [0.4, 0.5) is 5.82 Å². The van der Waals surface area contributed by atoms with Crippen LogP contribution in [0.2, 0.25) is 0 Å². The summed E-state index contributed by atoms with van der Waals surface area (Å²) in [6.07, 6.45) is 4.55. The number of likely N-dealkylation sites (tertiary alicyclic amines) is 1. The van der Waals surface area contributed by atoms with E-state index in [2.05, 4.69) is 51.4 Å². The highest BCUT2D eigenvalue weighted by molar-refractivity contribution is 5.86. The molecule has 2 aromatic rings. The number of nitrogens with one attached hydrogen (secondary N) is 2. The first-order chi connectivity index (χ1) is 12.0. The monoisotopic (exact) mass is 344 g/mol. The smallest absolute Gasteiger partial charge is 0.193 e. The van der Waals surface area contributed by atoms with Crippen LogP contribution in [0.25, 0.3) is 11.0 Å². The fraction of sp³-hybridized carbons (Fsp3) is 0.647. The van der Waals surface area contributed by atoms with E-state index in [1.54, 1.807) is 17.2 Å². The maximum Gasteiger partial charge on any atom is 0.193 e. The predicted octanol–water partition coefficient (Wildman–Crippen LogP) is 1.47. The molecule has 3 rings (SSSR count). The molecule has 0 spiro atoms. The summed E-state index contributed by atoms with van der Waals surface area (Å²) in [6.45, 7) is 11.1. The predicted molar refractivity (Wildman–Crippen MR) is 101 cm³/mol. The molecule has 3 heterocycles. The largest absolute Gasteiger partial charge is 0.367 e. The molecule has 136 valence electrons. The average molecular weight is 344 g/mol. The van der Waals surface area contributed by atoms with E-state index in [1.807, 2.05) is 7.05 Å². The number of aliphatic imine (C=N–C) groups is 1. The lowest BCUT2D eigenvalue weighted by Crippen LogP contribution is -2.41. The van der Waals surface area contributed by atoms with Crippen molar-refractivity contribution in [3.8, 4) is 0 Å². The Balaban J connectivity index is 1.60. The lowest BCUT2D eigenvalue weighted by atomic mass is 9.93. The van der Waals surface area contributed by atoms with Gasteiger partial charge in [-0.25, -0.2) is 9.97 Å². The van der Waals surface area contributed by atoms with Gasteiger partial charge in [-0.3, -0.25) is 9.67 Å². The summed E-state index contributed by atoms with van der Waals surface area (Å²) in [4.78, 5) is 15.7. The molecule has 0 unspecified atom stereocenters. The molecule has 8 nitrogen and oxygen atoms in total. The van der Waals surface area contributed by atoms with Crippen molar-refractivity contribution in [2.24, 2.45) is 17.5 Å². The normalized spacial score (nSPS) is 17.3. The van der Waals surface area contributed by atoms with Gasteiger partial charge in [0.25, 0.3) is 0 Å². The van der Waals surface area contributed by atoms with Gasteiger partial charge in [0.1, 0.15) is 12.1 Å². The molecule has 0 bridgehead atoms. The molecule has 1 aliphatic rings. The second-order valence-corrected chi connectivity index (χ2v) is 7.23. The highest BCUT2D eigenvalue weighted by Gasteiger charge is 2.30. The molecule has 0 radical (unpaired) electrons. The zero-order chi connectivity index (χ0) is 17.9. The number of nitrogens with zero attached hydrogens (tertiary/aromatic N) is 6. The Morgan fingerprint density at radius 2 is 2.20 bits per heavy atom. The van der Waals surface area contributed by atoms with Gasteiger partial charge in [-0.1, -0.05) is 13.8 Å². The van der Waals surface area contributed by atoms with Gasteiger partial charge < -0.3 is 15.5 Å². The number of hydrogen-bond acceptors (Lipinski definition) is 5.